The van der Waals surface area contributed by atoms with Gasteiger partial charge in [-0.3, -0.25) is 10.0 Å². The zero-order valence-electron chi connectivity index (χ0n) is 14.2. The molecular formula is C17H19FN8. The Bertz CT molecular complexity index is 978. The number of nitrogens with two attached hydrogens (primary N) is 2. The third-order valence-electron chi connectivity index (χ3n) is 3.91. The predicted molar refractivity (Wildman–Crippen MR) is 102 cm³/mol. The SMILES string of the molecule is C=N/C(=C\N(N)c1ccccc1F)Cn1cc(NC)c2c(N)ncnc21. The molecule has 0 atom stereocenters. The number of fused-ring (bicyclic) bond motifs is 1. The Hall–Kier alpha value is -3.46. The number of hydrazine groups is 1. The van der Waals surface area contributed by atoms with Gasteiger partial charge in [-0.15, -0.1) is 0 Å². The largest absolute Gasteiger partial charge is 0.386 e. The molecule has 0 radical (unpaired) electrons. The molecule has 2 aromatic heterocycles. The average Bonchev–Trinajstić information content (AvgIpc) is 3.00. The van der Waals surface area contributed by atoms with Gasteiger partial charge in [0.1, 0.15) is 23.6 Å². The molecule has 0 aliphatic rings. The number of para-hydroxylation sites is 1. The molecule has 0 unspecified atom stereocenters. The Balaban J connectivity index is 1.96. The second-order valence-electron chi connectivity index (χ2n) is 5.52. The normalized spacial score (nSPS) is 11.6. The van der Waals surface area contributed by atoms with Crippen molar-refractivity contribution in [2.75, 3.05) is 23.1 Å². The number of nitrogens with one attached hydrogen (secondary N) is 1. The molecule has 8 nitrogen and oxygen atoms in total. The van der Waals surface area contributed by atoms with Crippen molar-refractivity contribution in [1.82, 2.24) is 14.5 Å². The topological polar surface area (TPSA) is 110 Å². The van der Waals surface area contributed by atoms with Crippen LogP contribution in [0.5, 0.6) is 0 Å². The van der Waals surface area contributed by atoms with Crippen LogP contribution < -0.4 is 21.9 Å². The highest BCUT2D eigenvalue weighted by Gasteiger charge is 2.14. The van der Waals surface area contributed by atoms with Crippen molar-refractivity contribution < 1.29 is 4.39 Å². The molecule has 0 amide bonds. The summed E-state index contributed by atoms with van der Waals surface area (Å²) in [5.41, 5.74) is 8.14. The van der Waals surface area contributed by atoms with E-state index >= 15 is 0 Å². The van der Waals surface area contributed by atoms with Crippen molar-refractivity contribution in [1.29, 1.82) is 0 Å². The van der Waals surface area contributed by atoms with E-state index in [0.717, 1.165) is 11.1 Å². The number of aromatic nitrogens is 3. The summed E-state index contributed by atoms with van der Waals surface area (Å²) >= 11 is 0. The fourth-order valence-corrected chi connectivity index (χ4v) is 2.65. The molecule has 0 saturated carbocycles. The number of halogens is 1. The van der Waals surface area contributed by atoms with E-state index < -0.39 is 5.82 Å². The molecule has 26 heavy (non-hydrogen) atoms. The molecule has 0 aliphatic carbocycles. The van der Waals surface area contributed by atoms with Crippen molar-refractivity contribution in [2.45, 2.75) is 6.54 Å². The maximum Gasteiger partial charge on any atom is 0.148 e. The first-order valence-electron chi connectivity index (χ1n) is 7.78. The van der Waals surface area contributed by atoms with Crippen molar-refractivity contribution in [3.05, 3.63) is 54.5 Å². The van der Waals surface area contributed by atoms with Crippen LogP contribution in [-0.4, -0.2) is 28.3 Å². The summed E-state index contributed by atoms with van der Waals surface area (Å²) < 4.78 is 15.7. The highest BCUT2D eigenvalue weighted by molar-refractivity contribution is 5.98. The number of benzene rings is 1. The lowest BCUT2D eigenvalue weighted by molar-refractivity contribution is 0.625. The van der Waals surface area contributed by atoms with Gasteiger partial charge in [-0.05, 0) is 18.9 Å². The zero-order chi connectivity index (χ0) is 18.7. The molecular weight excluding hydrogens is 335 g/mol. The van der Waals surface area contributed by atoms with Crippen LogP contribution in [0.4, 0.5) is 21.6 Å². The minimum absolute atomic E-state index is 0.230. The van der Waals surface area contributed by atoms with E-state index in [9.17, 15) is 4.39 Å². The number of hydrogen-bond acceptors (Lipinski definition) is 7. The van der Waals surface area contributed by atoms with Gasteiger partial charge in [0, 0.05) is 19.4 Å². The van der Waals surface area contributed by atoms with E-state index in [1.54, 1.807) is 25.2 Å². The minimum atomic E-state index is -0.431. The van der Waals surface area contributed by atoms with Gasteiger partial charge >= 0.3 is 0 Å². The van der Waals surface area contributed by atoms with Crippen LogP contribution in [0.25, 0.3) is 11.0 Å². The van der Waals surface area contributed by atoms with Gasteiger partial charge in [0.25, 0.3) is 0 Å². The summed E-state index contributed by atoms with van der Waals surface area (Å²) in [7, 11) is 1.79. The summed E-state index contributed by atoms with van der Waals surface area (Å²) in [5.74, 6) is 5.90. The molecule has 0 spiro atoms. The van der Waals surface area contributed by atoms with Crippen molar-refractivity contribution in [3.63, 3.8) is 0 Å². The highest BCUT2D eigenvalue weighted by Crippen LogP contribution is 2.28. The monoisotopic (exact) mass is 354 g/mol. The van der Waals surface area contributed by atoms with Gasteiger partial charge in [-0.2, -0.15) is 0 Å². The first-order valence-corrected chi connectivity index (χ1v) is 7.78. The van der Waals surface area contributed by atoms with Crippen LogP contribution in [0.1, 0.15) is 0 Å². The van der Waals surface area contributed by atoms with Crippen LogP contribution >= 0.6 is 0 Å². The minimum Gasteiger partial charge on any atom is -0.386 e. The average molecular weight is 354 g/mol. The van der Waals surface area contributed by atoms with Gasteiger partial charge in [-0.25, -0.2) is 20.2 Å². The summed E-state index contributed by atoms with van der Waals surface area (Å²) in [5, 5.41) is 4.96. The number of rotatable bonds is 6. The Morgan fingerprint density at radius 1 is 1.42 bits per heavy atom. The molecule has 3 rings (SSSR count). The standard InChI is InChI=1S/C17H19FN8/c1-21-11(8-26(20)14-6-4-3-5-12(14)18)7-25-9-13(22-2)15-16(19)23-10-24-17(15)25/h3-6,8-10,22H,1,7,20H2,2H3,(H2,19,23,24)/b11-8-. The van der Waals surface area contributed by atoms with E-state index in [1.807, 2.05) is 10.8 Å². The Morgan fingerprint density at radius 3 is 2.88 bits per heavy atom. The maximum absolute atomic E-state index is 13.9. The van der Waals surface area contributed by atoms with E-state index in [4.69, 9.17) is 11.6 Å². The van der Waals surface area contributed by atoms with E-state index in [1.165, 1.54) is 23.6 Å². The molecule has 0 aliphatic heterocycles. The van der Waals surface area contributed by atoms with E-state index in [-0.39, 0.29) is 5.69 Å². The molecule has 0 bridgehead atoms. The summed E-state index contributed by atoms with van der Waals surface area (Å²) in [6.07, 6.45) is 4.76. The first-order chi connectivity index (χ1) is 12.5. The molecule has 3 aromatic rings. The van der Waals surface area contributed by atoms with Gasteiger partial charge in [0.15, 0.2) is 0 Å². The molecule has 134 valence electrons. The highest BCUT2D eigenvalue weighted by atomic mass is 19.1. The first kappa shape index (κ1) is 17.4. The quantitative estimate of drug-likeness (QED) is 0.355. The molecule has 2 heterocycles. The summed E-state index contributed by atoms with van der Waals surface area (Å²) in [6.45, 7) is 3.89. The molecule has 0 fully saturated rings. The Labute approximate surface area is 149 Å². The lowest BCUT2D eigenvalue weighted by atomic mass is 10.3. The number of anilines is 3. The van der Waals surface area contributed by atoms with Crippen LogP contribution in [0, 0.1) is 5.82 Å². The fourth-order valence-electron chi connectivity index (χ4n) is 2.65. The number of nitrogens with zero attached hydrogens (tertiary/aromatic N) is 5. The summed E-state index contributed by atoms with van der Waals surface area (Å²) in [6, 6.07) is 6.21. The van der Waals surface area contributed by atoms with Gasteiger partial charge in [0.05, 0.1) is 29.0 Å². The number of allylic oxidation sites excluding steroid dienone is 1. The van der Waals surface area contributed by atoms with Crippen molar-refractivity contribution in [3.8, 4) is 0 Å². The number of hydrogen-bond donors (Lipinski definition) is 3. The Morgan fingerprint density at radius 2 is 2.19 bits per heavy atom. The second-order valence-corrected chi connectivity index (χ2v) is 5.52. The van der Waals surface area contributed by atoms with Crippen LogP contribution in [0.3, 0.4) is 0 Å². The maximum atomic E-state index is 13.9. The molecule has 1 aromatic carbocycles. The van der Waals surface area contributed by atoms with Gasteiger partial charge < -0.3 is 15.6 Å². The van der Waals surface area contributed by atoms with Gasteiger partial charge in [-0.1, -0.05) is 12.1 Å². The third-order valence-corrected chi connectivity index (χ3v) is 3.91. The lowest BCUT2D eigenvalue weighted by Gasteiger charge is -2.16. The van der Waals surface area contributed by atoms with Gasteiger partial charge in [0.2, 0.25) is 0 Å². The van der Waals surface area contributed by atoms with E-state index in [2.05, 4.69) is 27.0 Å². The molecule has 0 saturated heterocycles. The lowest BCUT2D eigenvalue weighted by Crippen LogP contribution is -2.26. The van der Waals surface area contributed by atoms with Crippen molar-refractivity contribution in [2.24, 2.45) is 10.8 Å². The number of aliphatic imine (C=N–C) groups is 1. The number of nitrogen functional groups attached to an aromatic ring is 1. The third kappa shape index (κ3) is 3.20. The van der Waals surface area contributed by atoms with Crippen LogP contribution in [0.2, 0.25) is 0 Å². The predicted octanol–water partition coefficient (Wildman–Crippen LogP) is 2.12. The fraction of sp³-hybridized carbons (Fsp3) is 0.118. The smallest absolute Gasteiger partial charge is 0.148 e. The molecule has 9 heteroatoms. The van der Waals surface area contributed by atoms with Crippen LogP contribution in [0.15, 0.2) is 53.7 Å². The van der Waals surface area contributed by atoms with E-state index in [0.29, 0.717) is 23.7 Å². The van der Waals surface area contributed by atoms with Crippen molar-refractivity contribution >= 4 is 34.9 Å². The molecule has 5 N–H and O–H groups in total. The second kappa shape index (κ2) is 7.19. The zero-order valence-corrected chi connectivity index (χ0v) is 14.2. The van der Waals surface area contributed by atoms with Crippen LogP contribution in [-0.2, 0) is 6.54 Å². The Kier molecular flexibility index (Phi) is 4.81. The summed E-state index contributed by atoms with van der Waals surface area (Å²) in [4.78, 5) is 12.3.